The summed E-state index contributed by atoms with van der Waals surface area (Å²) in [4.78, 5) is 0. The van der Waals surface area contributed by atoms with Crippen LogP contribution in [0.3, 0.4) is 0 Å². The fourth-order valence-corrected chi connectivity index (χ4v) is 3.30. The third-order valence-corrected chi connectivity index (χ3v) is 11.1. The van der Waals surface area contributed by atoms with Crippen LogP contribution < -0.4 is 0 Å². The van der Waals surface area contributed by atoms with Gasteiger partial charge in [-0.15, -0.1) is 81.2 Å². The van der Waals surface area contributed by atoms with Crippen molar-refractivity contribution in [1.29, 1.82) is 0 Å². The quantitative estimate of drug-likeness (QED) is 0.236. The Hall–Kier alpha value is -1.01. The van der Waals surface area contributed by atoms with Gasteiger partial charge in [-0.2, -0.15) is 12.1 Å². The van der Waals surface area contributed by atoms with E-state index in [-0.39, 0.29) is 0 Å². The van der Waals surface area contributed by atoms with Crippen LogP contribution in [-0.4, -0.2) is 3.21 Å². The molecule has 0 N–H and O–H groups in total. The molecule has 30 heavy (non-hydrogen) atoms. The predicted molar refractivity (Wildman–Crippen MR) is 135 cm³/mol. The van der Waals surface area contributed by atoms with Gasteiger partial charge in [0, 0.05) is 0 Å². The summed E-state index contributed by atoms with van der Waals surface area (Å²) in [5.74, 6) is 0. The Morgan fingerprint density at radius 2 is 1.10 bits per heavy atom. The first-order valence-corrected chi connectivity index (χ1v) is 18.3. The van der Waals surface area contributed by atoms with Gasteiger partial charge in [0.15, 0.2) is 0 Å². The molecule has 0 aromatic heterocycles. The minimum atomic E-state index is -1.84. The molecule has 0 aliphatic carbocycles. The average molecular weight is 519 g/mol. The first-order valence-electron chi connectivity index (χ1n) is 10.7. The van der Waals surface area contributed by atoms with Gasteiger partial charge >= 0.3 is 53.0 Å². The van der Waals surface area contributed by atoms with Crippen LogP contribution in [0, 0.1) is 0 Å². The summed E-state index contributed by atoms with van der Waals surface area (Å²) in [6, 6.07) is 26.2. The molecule has 0 aliphatic rings. The van der Waals surface area contributed by atoms with E-state index < -0.39 is 18.9 Å². The van der Waals surface area contributed by atoms with E-state index in [0.717, 1.165) is 0 Å². The summed E-state index contributed by atoms with van der Waals surface area (Å²) in [5, 5.41) is 5.50. The molecule has 0 saturated heterocycles. The fraction of sp³-hybridized carbons (Fsp3) is 0.296. The first-order chi connectivity index (χ1) is 14.4. The number of halogens is 2. The van der Waals surface area contributed by atoms with Crippen LogP contribution in [-0.2, 0) is 31.7 Å². The van der Waals surface area contributed by atoms with Crippen molar-refractivity contribution in [2.75, 3.05) is 0 Å². The van der Waals surface area contributed by atoms with Crippen molar-refractivity contribution in [1.82, 2.24) is 0 Å². The Bertz CT molecular complexity index is 909. The Morgan fingerprint density at radius 1 is 0.733 bits per heavy atom. The van der Waals surface area contributed by atoms with Crippen molar-refractivity contribution < 1.29 is 18.9 Å². The molecule has 0 heterocycles. The summed E-state index contributed by atoms with van der Waals surface area (Å²) < 4.78 is 1.24. The molecule has 0 aliphatic heterocycles. The number of aryl methyl sites for hydroxylation is 2. The zero-order valence-corrected chi connectivity index (χ0v) is 22.5. The molecular formula is C27H32Cl2Zr-2. The van der Waals surface area contributed by atoms with E-state index in [1.165, 1.54) is 61.6 Å². The Morgan fingerprint density at radius 3 is 1.40 bits per heavy atom. The Kier molecular flexibility index (Phi) is 11.3. The van der Waals surface area contributed by atoms with Gasteiger partial charge in [0.1, 0.15) is 0 Å². The summed E-state index contributed by atoms with van der Waals surface area (Å²) in [6.07, 6.45) is 4.87. The number of hydrogen-bond acceptors (Lipinski definition) is 0. The molecular weight excluding hydrogens is 486 g/mol. The Balaban J connectivity index is 0.000000171. The Labute approximate surface area is 196 Å². The molecule has 0 unspecified atom stereocenters. The van der Waals surface area contributed by atoms with Crippen LogP contribution >= 0.6 is 17.0 Å². The van der Waals surface area contributed by atoms with Crippen LogP contribution in [0.4, 0.5) is 0 Å². The summed E-state index contributed by atoms with van der Waals surface area (Å²) in [5.41, 5.74) is 2.94. The van der Waals surface area contributed by atoms with Crippen LogP contribution in [0.25, 0.3) is 21.5 Å². The predicted octanol–water partition coefficient (Wildman–Crippen LogP) is 9.15. The third-order valence-electron chi connectivity index (χ3n) is 4.81. The van der Waals surface area contributed by atoms with Crippen molar-refractivity contribution in [2.24, 2.45) is 0 Å². The molecule has 4 aromatic carbocycles. The van der Waals surface area contributed by atoms with E-state index in [1.807, 2.05) is 13.8 Å². The van der Waals surface area contributed by atoms with Crippen molar-refractivity contribution in [3.05, 3.63) is 83.9 Å². The van der Waals surface area contributed by atoms with Gasteiger partial charge in [0.05, 0.1) is 0 Å². The average Bonchev–Trinajstić information content (AvgIpc) is 3.32. The van der Waals surface area contributed by atoms with Gasteiger partial charge in [0.2, 0.25) is 0 Å². The standard InChI is InChI=1S/2C12H13.C3H6.2ClH.Zr/c2*1-2-5-10-8-11-6-3-4-7-12(11)9-10;1-3-2;;;/h2*3-4,6-9H,2,5H2,1H3;1-2H3;2*1H;/q2*-1;;;;+2/p-2. The van der Waals surface area contributed by atoms with Crippen LogP contribution in [0.5, 0.6) is 0 Å². The normalized spacial score (nSPS) is 10.2. The number of benzene rings is 2. The first kappa shape index (κ1) is 25.3. The van der Waals surface area contributed by atoms with Gasteiger partial charge in [-0.05, 0) is 12.8 Å². The third kappa shape index (κ3) is 8.26. The van der Waals surface area contributed by atoms with Crippen molar-refractivity contribution in [2.45, 2.75) is 53.4 Å². The van der Waals surface area contributed by atoms with Crippen molar-refractivity contribution in [3.63, 3.8) is 0 Å². The van der Waals surface area contributed by atoms with Crippen LogP contribution in [0.2, 0.25) is 0 Å². The van der Waals surface area contributed by atoms with Crippen LogP contribution in [0.15, 0.2) is 72.8 Å². The monoisotopic (exact) mass is 516 g/mol. The maximum atomic E-state index is 5.54. The van der Waals surface area contributed by atoms with Gasteiger partial charge in [0.25, 0.3) is 0 Å². The molecule has 3 heteroatoms. The van der Waals surface area contributed by atoms with E-state index in [1.54, 1.807) is 0 Å². The molecule has 4 aromatic rings. The minimum absolute atomic E-state index is 1.20. The second kappa shape index (κ2) is 13.4. The molecule has 160 valence electrons. The molecule has 4 rings (SSSR count). The van der Waals surface area contributed by atoms with Gasteiger partial charge in [-0.3, -0.25) is 0 Å². The second-order valence-corrected chi connectivity index (χ2v) is 17.1. The molecule has 0 amide bonds. The molecule has 0 spiro atoms. The van der Waals surface area contributed by atoms with Gasteiger partial charge < -0.3 is 0 Å². The van der Waals surface area contributed by atoms with Crippen molar-refractivity contribution in [3.8, 4) is 0 Å². The zero-order valence-electron chi connectivity index (χ0n) is 18.5. The SMILES string of the molecule is CCCc1cc2ccccc2[cH-]1.CCCc1cc2ccccc2[cH-]1.C[C](C)=[Zr]([Cl])[Cl]. The van der Waals surface area contributed by atoms with Gasteiger partial charge in [-0.1, -0.05) is 38.8 Å². The van der Waals surface area contributed by atoms with E-state index in [2.05, 4.69) is 86.6 Å². The number of rotatable bonds is 4. The number of fused-ring (bicyclic) bond motifs is 2. The van der Waals surface area contributed by atoms with E-state index in [0.29, 0.717) is 0 Å². The number of hydrogen-bond donors (Lipinski definition) is 0. The molecule has 0 nitrogen and oxygen atoms in total. The van der Waals surface area contributed by atoms with Gasteiger partial charge in [-0.25, -0.2) is 0 Å². The molecule has 0 bridgehead atoms. The summed E-state index contributed by atoms with van der Waals surface area (Å²) >= 11 is -1.84. The maximum absolute atomic E-state index is 5.54. The van der Waals surface area contributed by atoms with E-state index in [4.69, 9.17) is 17.0 Å². The van der Waals surface area contributed by atoms with E-state index in [9.17, 15) is 0 Å². The second-order valence-electron chi connectivity index (χ2n) is 7.75. The summed E-state index contributed by atoms with van der Waals surface area (Å²) in [7, 11) is 11.1. The van der Waals surface area contributed by atoms with Crippen molar-refractivity contribution >= 4 is 41.8 Å². The molecule has 0 atom stereocenters. The van der Waals surface area contributed by atoms with E-state index >= 15 is 0 Å². The van der Waals surface area contributed by atoms with Crippen LogP contribution in [0.1, 0.15) is 51.7 Å². The molecule has 0 saturated carbocycles. The molecule has 0 fully saturated rings. The molecule has 0 radical (unpaired) electrons. The summed E-state index contributed by atoms with van der Waals surface area (Å²) in [6.45, 7) is 8.40. The topological polar surface area (TPSA) is 0 Å². The zero-order chi connectivity index (χ0) is 21.9. The fourth-order valence-electron chi connectivity index (χ4n) is 3.30.